The number of hydrogen-bond donors (Lipinski definition) is 0. The van der Waals surface area contributed by atoms with Crippen LogP contribution < -0.4 is 31.8 Å². The second-order valence-electron chi connectivity index (χ2n) is 12.7. The summed E-state index contributed by atoms with van der Waals surface area (Å²) in [6.45, 7) is 28.7. The molecule has 40 heavy (non-hydrogen) atoms. The van der Waals surface area contributed by atoms with Crippen LogP contribution in [0.2, 0.25) is 0 Å². The number of benzene rings is 3. The van der Waals surface area contributed by atoms with Crippen molar-refractivity contribution in [2.75, 3.05) is 0 Å². The highest BCUT2D eigenvalue weighted by Crippen LogP contribution is 2.47. The molecule has 3 rings (SSSR count). The average molecular weight is 611 g/mol. The van der Waals surface area contributed by atoms with E-state index >= 15 is 0 Å². The van der Waals surface area contributed by atoms with E-state index < -0.39 is 7.92 Å². The van der Waals surface area contributed by atoms with Gasteiger partial charge >= 0.3 is 0 Å². The van der Waals surface area contributed by atoms with Crippen molar-refractivity contribution >= 4 is 63.5 Å². The Balaban J connectivity index is 2.08. The standard InChI is InChI=1S/C36H54P4/c1-25(2)37(26(3)4)31-13-19-34(20-14-31)40(35-21-15-32(16-22-35)38(27(5)6)28(7)8)36-23-17-33(18-24-36)39(29(9)10)30(11)12/h13-30H,1-12H3. The molecule has 0 unspecified atom stereocenters. The summed E-state index contributed by atoms with van der Waals surface area (Å²) in [5.74, 6) is 0. The molecule has 4 heteroatoms. The Morgan fingerprint density at radius 2 is 0.425 bits per heavy atom. The van der Waals surface area contributed by atoms with Crippen LogP contribution in [0.15, 0.2) is 72.8 Å². The molecule has 0 atom stereocenters. The maximum Gasteiger partial charge on any atom is -0.0134 e. The lowest BCUT2D eigenvalue weighted by molar-refractivity contribution is 1.02. The second-order valence-corrected chi connectivity index (χ2v) is 25.1. The van der Waals surface area contributed by atoms with E-state index in [1.165, 1.54) is 15.9 Å². The second kappa shape index (κ2) is 15.2. The van der Waals surface area contributed by atoms with Gasteiger partial charge in [-0.15, -0.1) is 0 Å². The maximum absolute atomic E-state index is 2.45. The predicted molar refractivity (Wildman–Crippen MR) is 196 cm³/mol. The van der Waals surface area contributed by atoms with E-state index in [2.05, 4.69) is 156 Å². The zero-order valence-corrected chi connectivity index (χ0v) is 30.8. The van der Waals surface area contributed by atoms with E-state index in [1.54, 1.807) is 15.9 Å². The first kappa shape index (κ1) is 33.9. The van der Waals surface area contributed by atoms with E-state index in [0.717, 1.165) is 0 Å². The smallest absolute Gasteiger partial charge is 0.0134 e. The lowest BCUT2D eigenvalue weighted by atomic mass is 10.3. The van der Waals surface area contributed by atoms with Gasteiger partial charge in [0.05, 0.1) is 0 Å². The van der Waals surface area contributed by atoms with Crippen molar-refractivity contribution in [3.63, 3.8) is 0 Å². The van der Waals surface area contributed by atoms with Gasteiger partial charge in [-0.05, 0) is 73.7 Å². The fraction of sp³-hybridized carbons (Fsp3) is 0.500. The van der Waals surface area contributed by atoms with Gasteiger partial charge in [-0.25, -0.2) is 0 Å². The summed E-state index contributed by atoms with van der Waals surface area (Å²) >= 11 is 0. The van der Waals surface area contributed by atoms with Crippen molar-refractivity contribution in [1.82, 2.24) is 0 Å². The molecule has 0 bridgehead atoms. The molecule has 0 saturated heterocycles. The summed E-state index contributed by atoms with van der Waals surface area (Å²) in [4.78, 5) is 0. The van der Waals surface area contributed by atoms with Crippen LogP contribution in [-0.4, -0.2) is 34.0 Å². The summed E-state index contributed by atoms with van der Waals surface area (Å²) in [6.07, 6.45) is 0. The third-order valence-electron chi connectivity index (χ3n) is 7.56. The molecule has 0 fully saturated rings. The molecule has 3 aromatic carbocycles. The molecular formula is C36H54P4. The van der Waals surface area contributed by atoms with Gasteiger partial charge in [-0.1, -0.05) is 180 Å². The molecule has 0 heterocycles. The van der Waals surface area contributed by atoms with Crippen molar-refractivity contribution in [1.29, 1.82) is 0 Å². The Bertz CT molecular complexity index is 984. The minimum absolute atomic E-state index is 0.151. The van der Waals surface area contributed by atoms with E-state index in [1.807, 2.05) is 0 Å². The molecule has 0 saturated carbocycles. The normalized spacial score (nSPS) is 12.8. The molecule has 0 aliphatic rings. The van der Waals surface area contributed by atoms with Gasteiger partial charge in [-0.3, -0.25) is 0 Å². The highest BCUT2D eigenvalue weighted by Gasteiger charge is 2.24. The molecule has 0 aliphatic heterocycles. The number of hydrogen-bond acceptors (Lipinski definition) is 0. The van der Waals surface area contributed by atoms with Crippen molar-refractivity contribution in [3.05, 3.63) is 72.8 Å². The predicted octanol–water partition coefficient (Wildman–Crippen LogP) is 9.22. The van der Waals surface area contributed by atoms with Gasteiger partial charge in [0.15, 0.2) is 0 Å². The topological polar surface area (TPSA) is 0 Å². The van der Waals surface area contributed by atoms with Gasteiger partial charge in [0.2, 0.25) is 0 Å². The van der Waals surface area contributed by atoms with Crippen molar-refractivity contribution in [2.45, 2.75) is 117 Å². The van der Waals surface area contributed by atoms with Crippen molar-refractivity contribution in [3.8, 4) is 0 Å². The summed E-state index contributed by atoms with van der Waals surface area (Å²) in [7, 11) is -1.06. The third-order valence-corrected chi connectivity index (χ3v) is 19.4. The summed E-state index contributed by atoms with van der Waals surface area (Å²) < 4.78 is 0. The van der Waals surface area contributed by atoms with E-state index in [9.17, 15) is 0 Å². The monoisotopic (exact) mass is 610 g/mol. The third kappa shape index (κ3) is 8.26. The Hall–Kier alpha value is -0.620. The maximum atomic E-state index is 2.45. The molecule has 0 amide bonds. The fourth-order valence-corrected chi connectivity index (χ4v) is 17.2. The SMILES string of the molecule is CC(C)P(c1ccc(P(c2ccc(P(C(C)C)C(C)C)cc2)c2ccc(P(C(C)C)C(C)C)cc2)cc1)C(C)C. The average Bonchev–Trinajstić information content (AvgIpc) is 2.86. The molecule has 0 nitrogen and oxygen atoms in total. The lowest BCUT2D eigenvalue weighted by Crippen LogP contribution is -2.25. The van der Waals surface area contributed by atoms with Crippen LogP contribution in [0.5, 0.6) is 0 Å². The molecule has 0 radical (unpaired) electrons. The highest BCUT2D eigenvalue weighted by atomic mass is 31.1. The number of rotatable bonds is 12. The molecule has 3 aromatic rings. The molecule has 0 N–H and O–H groups in total. The van der Waals surface area contributed by atoms with E-state index in [-0.39, 0.29) is 23.8 Å². The van der Waals surface area contributed by atoms with Crippen LogP contribution in [0.4, 0.5) is 0 Å². The largest absolute Gasteiger partial charge is 0.0701 e. The summed E-state index contributed by atoms with van der Waals surface area (Å²) in [6, 6.07) is 29.4. The van der Waals surface area contributed by atoms with Crippen LogP contribution in [0, 0.1) is 0 Å². The van der Waals surface area contributed by atoms with E-state index in [0.29, 0.717) is 34.0 Å². The Morgan fingerprint density at radius 1 is 0.275 bits per heavy atom. The van der Waals surface area contributed by atoms with Gasteiger partial charge in [0, 0.05) is 0 Å². The minimum atomic E-state index is -0.611. The summed E-state index contributed by atoms with van der Waals surface area (Å²) in [5.41, 5.74) is 4.23. The molecule has 0 spiro atoms. The highest BCUT2D eigenvalue weighted by molar-refractivity contribution is 7.80. The first-order valence-corrected chi connectivity index (χ1v) is 21.1. The minimum Gasteiger partial charge on any atom is -0.0701 e. The van der Waals surface area contributed by atoms with Gasteiger partial charge in [0.25, 0.3) is 0 Å². The van der Waals surface area contributed by atoms with Crippen LogP contribution in [0.1, 0.15) is 83.1 Å². The zero-order chi connectivity index (χ0) is 29.7. The molecule has 218 valence electrons. The van der Waals surface area contributed by atoms with Gasteiger partial charge in [-0.2, -0.15) is 0 Å². The quantitative estimate of drug-likeness (QED) is 0.179. The Morgan fingerprint density at radius 3 is 0.575 bits per heavy atom. The molecule has 0 aliphatic carbocycles. The van der Waals surface area contributed by atoms with E-state index in [4.69, 9.17) is 0 Å². The van der Waals surface area contributed by atoms with Crippen molar-refractivity contribution in [2.24, 2.45) is 0 Å². The summed E-state index contributed by atoms with van der Waals surface area (Å²) in [5, 5.41) is 9.03. The zero-order valence-electron chi connectivity index (χ0n) is 27.2. The molecule has 0 aromatic heterocycles. The van der Waals surface area contributed by atoms with Crippen molar-refractivity contribution < 1.29 is 0 Å². The Kier molecular flexibility index (Phi) is 12.9. The lowest BCUT2D eigenvalue weighted by Gasteiger charge is -2.28. The fourth-order valence-electron chi connectivity index (χ4n) is 6.35. The van der Waals surface area contributed by atoms with Gasteiger partial charge < -0.3 is 0 Å². The Labute approximate surface area is 252 Å². The van der Waals surface area contributed by atoms with Crippen LogP contribution in [0.3, 0.4) is 0 Å². The van der Waals surface area contributed by atoms with Crippen LogP contribution in [-0.2, 0) is 0 Å². The van der Waals surface area contributed by atoms with Crippen LogP contribution in [0.25, 0.3) is 0 Å². The first-order chi connectivity index (χ1) is 18.8. The first-order valence-electron chi connectivity index (χ1n) is 15.3. The van der Waals surface area contributed by atoms with Crippen LogP contribution >= 0.6 is 31.7 Å². The van der Waals surface area contributed by atoms with Gasteiger partial charge in [0.1, 0.15) is 0 Å². The molecular weight excluding hydrogens is 556 g/mol.